The Bertz CT molecular complexity index is 160. The van der Waals surface area contributed by atoms with Gasteiger partial charge in [0.2, 0.25) is 0 Å². The predicted molar refractivity (Wildman–Crippen MR) is 52.8 cm³/mol. The number of hydrogen-bond acceptors (Lipinski definition) is 3. The van der Waals surface area contributed by atoms with Crippen LogP contribution >= 0.6 is 0 Å². The smallest absolute Gasteiger partial charge is 0.0807 e. The van der Waals surface area contributed by atoms with Gasteiger partial charge in [-0.1, -0.05) is 0 Å². The van der Waals surface area contributed by atoms with E-state index in [1.54, 1.807) is 0 Å². The highest BCUT2D eigenvalue weighted by molar-refractivity contribution is 4.90. The first-order chi connectivity index (χ1) is 6.31. The van der Waals surface area contributed by atoms with Crippen LogP contribution in [0.2, 0.25) is 0 Å². The molecule has 3 heteroatoms. The minimum absolute atomic E-state index is 0.0976. The Morgan fingerprint density at radius 1 is 1.15 bits per heavy atom. The van der Waals surface area contributed by atoms with Crippen molar-refractivity contribution in [3.05, 3.63) is 0 Å². The molecular formula is C10H20N2O. The van der Waals surface area contributed by atoms with Crippen LogP contribution in [0.15, 0.2) is 0 Å². The highest BCUT2D eigenvalue weighted by Crippen LogP contribution is 2.29. The molecule has 0 spiro atoms. The second-order valence-electron chi connectivity index (χ2n) is 4.36. The van der Waals surface area contributed by atoms with Gasteiger partial charge in [-0.05, 0) is 38.8 Å². The van der Waals surface area contributed by atoms with E-state index < -0.39 is 0 Å². The lowest BCUT2D eigenvalue weighted by Gasteiger charge is -2.42. The molecule has 0 aromatic carbocycles. The van der Waals surface area contributed by atoms with Crippen LogP contribution in [0, 0.1) is 5.92 Å². The van der Waals surface area contributed by atoms with Gasteiger partial charge in [0, 0.05) is 13.1 Å². The van der Waals surface area contributed by atoms with Gasteiger partial charge in [0.1, 0.15) is 0 Å². The summed E-state index contributed by atoms with van der Waals surface area (Å²) in [7, 11) is 0. The van der Waals surface area contributed by atoms with Crippen molar-refractivity contribution in [3.8, 4) is 0 Å². The van der Waals surface area contributed by atoms with Crippen molar-refractivity contribution in [2.45, 2.75) is 25.4 Å². The van der Waals surface area contributed by atoms with Crippen LogP contribution in [-0.4, -0.2) is 38.4 Å². The van der Waals surface area contributed by atoms with Crippen molar-refractivity contribution in [2.75, 3.05) is 32.8 Å². The number of hydrogen-bond donors (Lipinski definition) is 2. The molecule has 0 aromatic heterocycles. The first-order valence-electron chi connectivity index (χ1n) is 5.37. The maximum Gasteiger partial charge on any atom is 0.0807 e. The van der Waals surface area contributed by atoms with E-state index in [9.17, 15) is 0 Å². The molecule has 0 aliphatic carbocycles. The van der Waals surface area contributed by atoms with Crippen LogP contribution in [0.3, 0.4) is 0 Å². The van der Waals surface area contributed by atoms with E-state index in [4.69, 9.17) is 4.74 Å². The predicted octanol–water partition coefficient (Wildman–Crippen LogP) is 0.365. The first-order valence-corrected chi connectivity index (χ1v) is 5.37. The molecule has 76 valence electrons. The largest absolute Gasteiger partial charge is 0.372 e. The lowest BCUT2D eigenvalue weighted by Crippen LogP contribution is -2.54. The van der Waals surface area contributed by atoms with Crippen molar-refractivity contribution in [3.63, 3.8) is 0 Å². The summed E-state index contributed by atoms with van der Waals surface area (Å²) in [5, 5.41) is 6.82. The Morgan fingerprint density at radius 3 is 2.54 bits per heavy atom. The average Bonchev–Trinajstić information content (AvgIpc) is 2.20. The highest BCUT2D eigenvalue weighted by atomic mass is 16.5. The number of ether oxygens (including phenoxy) is 1. The van der Waals surface area contributed by atoms with Crippen LogP contribution in [0.1, 0.15) is 19.8 Å². The summed E-state index contributed by atoms with van der Waals surface area (Å²) >= 11 is 0. The Kier molecular flexibility index (Phi) is 2.86. The molecule has 0 aromatic rings. The van der Waals surface area contributed by atoms with Gasteiger partial charge in [0.25, 0.3) is 0 Å². The summed E-state index contributed by atoms with van der Waals surface area (Å²) in [6, 6.07) is 0. The van der Waals surface area contributed by atoms with Crippen molar-refractivity contribution < 1.29 is 4.74 Å². The van der Waals surface area contributed by atoms with E-state index in [-0.39, 0.29) is 5.60 Å². The SMILES string of the molecule is CC1(C2CCNCC2)CNCCO1. The monoisotopic (exact) mass is 184 g/mol. The van der Waals surface area contributed by atoms with Gasteiger partial charge in [-0.2, -0.15) is 0 Å². The fourth-order valence-corrected chi connectivity index (χ4v) is 2.44. The third kappa shape index (κ3) is 2.03. The molecule has 2 N–H and O–H groups in total. The molecule has 2 heterocycles. The second kappa shape index (κ2) is 3.95. The van der Waals surface area contributed by atoms with E-state index in [1.807, 2.05) is 0 Å². The summed E-state index contributed by atoms with van der Waals surface area (Å²) in [5.74, 6) is 0.738. The van der Waals surface area contributed by atoms with E-state index in [2.05, 4.69) is 17.6 Å². The van der Waals surface area contributed by atoms with Gasteiger partial charge >= 0.3 is 0 Å². The molecule has 0 bridgehead atoms. The van der Waals surface area contributed by atoms with Crippen LogP contribution in [0.5, 0.6) is 0 Å². The minimum atomic E-state index is 0.0976. The zero-order valence-corrected chi connectivity index (χ0v) is 8.44. The first kappa shape index (κ1) is 9.44. The number of rotatable bonds is 1. The zero-order chi connectivity index (χ0) is 9.15. The molecule has 13 heavy (non-hydrogen) atoms. The Balaban J connectivity index is 1.94. The third-order valence-electron chi connectivity index (χ3n) is 3.39. The van der Waals surface area contributed by atoms with Gasteiger partial charge in [-0.15, -0.1) is 0 Å². The molecule has 2 aliphatic heterocycles. The summed E-state index contributed by atoms with van der Waals surface area (Å²) in [6.45, 7) is 7.49. The van der Waals surface area contributed by atoms with Gasteiger partial charge in [-0.3, -0.25) is 0 Å². The molecule has 2 saturated heterocycles. The average molecular weight is 184 g/mol. The topological polar surface area (TPSA) is 33.3 Å². The van der Waals surface area contributed by atoms with E-state index in [0.717, 1.165) is 38.7 Å². The fourth-order valence-electron chi connectivity index (χ4n) is 2.44. The maximum atomic E-state index is 5.91. The van der Waals surface area contributed by atoms with Crippen LogP contribution in [-0.2, 0) is 4.74 Å². The van der Waals surface area contributed by atoms with Crippen molar-refractivity contribution in [1.29, 1.82) is 0 Å². The number of piperidine rings is 1. The normalized spacial score (nSPS) is 37.6. The lowest BCUT2D eigenvalue weighted by atomic mass is 9.81. The Labute approximate surface area is 80.2 Å². The summed E-state index contributed by atoms with van der Waals surface area (Å²) in [4.78, 5) is 0. The van der Waals surface area contributed by atoms with Crippen LogP contribution < -0.4 is 10.6 Å². The Morgan fingerprint density at radius 2 is 1.92 bits per heavy atom. The van der Waals surface area contributed by atoms with Gasteiger partial charge < -0.3 is 15.4 Å². The Hall–Kier alpha value is -0.120. The molecule has 1 atom stereocenters. The van der Waals surface area contributed by atoms with Crippen LogP contribution in [0.25, 0.3) is 0 Å². The zero-order valence-electron chi connectivity index (χ0n) is 8.44. The molecule has 2 rings (SSSR count). The summed E-state index contributed by atoms with van der Waals surface area (Å²) in [6.07, 6.45) is 2.52. The molecule has 0 saturated carbocycles. The molecule has 2 aliphatic rings. The lowest BCUT2D eigenvalue weighted by molar-refractivity contribution is -0.0981. The quantitative estimate of drug-likeness (QED) is 0.617. The minimum Gasteiger partial charge on any atom is -0.372 e. The fraction of sp³-hybridized carbons (Fsp3) is 1.00. The summed E-state index contributed by atoms with van der Waals surface area (Å²) in [5.41, 5.74) is 0.0976. The van der Waals surface area contributed by atoms with Crippen LogP contribution in [0.4, 0.5) is 0 Å². The molecule has 3 nitrogen and oxygen atoms in total. The van der Waals surface area contributed by atoms with Gasteiger partial charge in [-0.25, -0.2) is 0 Å². The van der Waals surface area contributed by atoms with E-state index in [1.165, 1.54) is 12.8 Å². The van der Waals surface area contributed by atoms with Gasteiger partial charge in [0.15, 0.2) is 0 Å². The van der Waals surface area contributed by atoms with Crippen molar-refractivity contribution in [2.24, 2.45) is 5.92 Å². The molecular weight excluding hydrogens is 164 g/mol. The molecule has 1 unspecified atom stereocenters. The van der Waals surface area contributed by atoms with Crippen molar-refractivity contribution >= 4 is 0 Å². The van der Waals surface area contributed by atoms with E-state index in [0.29, 0.717) is 0 Å². The van der Waals surface area contributed by atoms with Gasteiger partial charge in [0.05, 0.1) is 12.2 Å². The summed E-state index contributed by atoms with van der Waals surface area (Å²) < 4.78 is 5.91. The highest BCUT2D eigenvalue weighted by Gasteiger charge is 2.36. The molecule has 0 radical (unpaired) electrons. The van der Waals surface area contributed by atoms with E-state index >= 15 is 0 Å². The second-order valence-corrected chi connectivity index (χ2v) is 4.36. The maximum absolute atomic E-state index is 5.91. The number of morpholine rings is 1. The molecule has 2 fully saturated rings. The molecule has 0 amide bonds. The number of nitrogens with one attached hydrogen (secondary N) is 2. The third-order valence-corrected chi connectivity index (χ3v) is 3.39. The standard InChI is InChI=1S/C10H20N2O/c1-10(8-12-6-7-13-10)9-2-4-11-5-3-9/h9,11-12H,2-8H2,1H3. The van der Waals surface area contributed by atoms with Crippen molar-refractivity contribution in [1.82, 2.24) is 10.6 Å².